The molecular formula is C21H17I3N3O2SV. The number of anilines is 2. The van der Waals surface area contributed by atoms with Crippen molar-refractivity contribution in [2.45, 2.75) is 16.7 Å². The van der Waals surface area contributed by atoms with Crippen molar-refractivity contribution in [3.8, 4) is 0 Å². The van der Waals surface area contributed by atoms with E-state index in [2.05, 4.69) is 75.2 Å². The third-order valence-electron chi connectivity index (χ3n) is 4.27. The summed E-state index contributed by atoms with van der Waals surface area (Å²) in [4.78, 5) is 8.85. The Balaban J connectivity index is 0.000000628. The third-order valence-corrected chi connectivity index (χ3v) is 6.06. The Morgan fingerprint density at radius 1 is 0.839 bits per heavy atom. The van der Waals surface area contributed by atoms with Gasteiger partial charge in [-0.05, 0) is 55.5 Å². The number of fused-ring (bicyclic) bond motifs is 1. The van der Waals surface area contributed by atoms with Crippen LogP contribution < -0.4 is 5.32 Å². The van der Waals surface area contributed by atoms with Gasteiger partial charge >= 0.3 is 64.9 Å². The summed E-state index contributed by atoms with van der Waals surface area (Å²) in [6, 6.07) is 21.0. The molecule has 0 bridgehead atoms. The Hall–Kier alpha value is -0.476. The van der Waals surface area contributed by atoms with Crippen LogP contribution in [0.1, 0.15) is 5.56 Å². The Morgan fingerprint density at radius 2 is 1.45 bits per heavy atom. The van der Waals surface area contributed by atoms with Crippen molar-refractivity contribution >= 4 is 92.2 Å². The predicted octanol–water partition coefficient (Wildman–Crippen LogP) is 7.17. The van der Waals surface area contributed by atoms with Gasteiger partial charge in [0, 0.05) is 11.1 Å². The fourth-order valence-electron chi connectivity index (χ4n) is 2.86. The zero-order chi connectivity index (χ0) is 22.4. The molecular weight excluding hydrogens is 790 g/mol. The molecule has 10 heteroatoms. The number of nitrogens with one attached hydrogen (secondary N) is 1. The molecule has 31 heavy (non-hydrogen) atoms. The fourth-order valence-corrected chi connectivity index (χ4v) is 4.14. The summed E-state index contributed by atoms with van der Waals surface area (Å²) in [5, 5.41) is 4.16. The first-order valence-corrected chi connectivity index (χ1v) is 23.9. The molecule has 0 spiro atoms. The summed E-state index contributed by atoms with van der Waals surface area (Å²) in [7, 11) is -3.52. The number of aryl methyl sites for hydroxylation is 1. The molecule has 1 heterocycles. The predicted molar refractivity (Wildman–Crippen MR) is 148 cm³/mol. The molecule has 0 atom stereocenters. The SMILES string of the molecule is Cc1ccc2ncnc(Nc3ccc(S(=O)(=O)c4ccccc4)cc3)c2c1.[I][V]([I])[I]. The van der Waals surface area contributed by atoms with Gasteiger partial charge in [-0.15, -0.1) is 0 Å². The Kier molecular flexibility index (Phi) is 9.40. The average molecular weight is 807 g/mol. The van der Waals surface area contributed by atoms with Crippen LogP contribution in [-0.4, -0.2) is 18.4 Å². The second-order valence-electron chi connectivity index (χ2n) is 6.40. The van der Waals surface area contributed by atoms with Crippen molar-refractivity contribution < 1.29 is 13.3 Å². The topological polar surface area (TPSA) is 72.0 Å². The van der Waals surface area contributed by atoms with E-state index in [1.165, 1.54) is 6.33 Å². The van der Waals surface area contributed by atoms with Crippen molar-refractivity contribution in [1.82, 2.24) is 9.97 Å². The summed E-state index contributed by atoms with van der Waals surface area (Å²) < 4.78 is 25.3. The monoisotopic (exact) mass is 807 g/mol. The maximum absolute atomic E-state index is 12.7. The maximum atomic E-state index is 12.7. The quantitative estimate of drug-likeness (QED) is 0.222. The Bertz CT molecular complexity index is 1270. The van der Waals surface area contributed by atoms with Crippen molar-refractivity contribution in [2.24, 2.45) is 0 Å². The van der Waals surface area contributed by atoms with Gasteiger partial charge in [-0.25, -0.2) is 18.4 Å². The summed E-state index contributed by atoms with van der Waals surface area (Å²) in [5.41, 5.74) is 2.72. The number of hydrogen-bond acceptors (Lipinski definition) is 5. The molecule has 5 nitrogen and oxygen atoms in total. The van der Waals surface area contributed by atoms with Crippen molar-refractivity contribution in [3.05, 3.63) is 84.7 Å². The van der Waals surface area contributed by atoms with Crippen LogP contribution in [0, 0.1) is 6.92 Å². The van der Waals surface area contributed by atoms with Crippen LogP contribution in [0.25, 0.3) is 10.9 Å². The van der Waals surface area contributed by atoms with Crippen LogP contribution in [0.2, 0.25) is 0 Å². The van der Waals surface area contributed by atoms with Gasteiger partial charge in [0.05, 0.1) is 15.3 Å². The third kappa shape index (κ3) is 7.00. The first kappa shape index (κ1) is 25.2. The van der Waals surface area contributed by atoms with Gasteiger partial charge in [-0.1, -0.05) is 29.8 Å². The van der Waals surface area contributed by atoms with E-state index < -0.39 is 9.84 Å². The molecule has 160 valence electrons. The molecule has 0 saturated heterocycles. The van der Waals surface area contributed by atoms with Gasteiger partial charge in [0.2, 0.25) is 9.84 Å². The van der Waals surface area contributed by atoms with E-state index in [1.807, 2.05) is 25.1 Å². The van der Waals surface area contributed by atoms with Gasteiger partial charge < -0.3 is 5.32 Å². The van der Waals surface area contributed by atoms with Gasteiger partial charge in [-0.2, -0.15) is 0 Å². The number of aromatic nitrogens is 2. The Morgan fingerprint density at radius 3 is 2.10 bits per heavy atom. The minimum atomic E-state index is -3.52. The van der Waals surface area contributed by atoms with E-state index in [0.29, 0.717) is 5.82 Å². The number of sulfone groups is 1. The van der Waals surface area contributed by atoms with Gasteiger partial charge in [0.1, 0.15) is 12.1 Å². The molecule has 0 aliphatic rings. The van der Waals surface area contributed by atoms with E-state index in [9.17, 15) is 8.42 Å². The zero-order valence-corrected chi connectivity index (χ0v) is 24.9. The first-order valence-electron chi connectivity index (χ1n) is 8.93. The molecule has 0 unspecified atom stereocenters. The molecule has 1 N–H and O–H groups in total. The van der Waals surface area contributed by atoms with E-state index in [1.54, 1.807) is 54.6 Å². The molecule has 0 saturated carbocycles. The number of rotatable bonds is 4. The molecule has 4 aromatic rings. The van der Waals surface area contributed by atoms with E-state index in [0.717, 1.165) is 22.2 Å². The van der Waals surface area contributed by atoms with Crippen molar-refractivity contribution in [3.63, 3.8) is 0 Å². The summed E-state index contributed by atoms with van der Waals surface area (Å²) in [5.74, 6) is 0.683. The van der Waals surface area contributed by atoms with Crippen LogP contribution in [0.3, 0.4) is 0 Å². The molecule has 0 fully saturated rings. The van der Waals surface area contributed by atoms with Crippen LogP contribution >= 0.6 is 59.9 Å². The molecule has 3 aromatic carbocycles. The van der Waals surface area contributed by atoms with Crippen molar-refractivity contribution in [1.29, 1.82) is 0 Å². The molecule has 0 amide bonds. The second-order valence-corrected chi connectivity index (χ2v) is 43.7. The van der Waals surface area contributed by atoms with E-state index >= 15 is 0 Å². The number of nitrogens with zero attached hydrogens (tertiary/aromatic N) is 2. The van der Waals surface area contributed by atoms with Crippen LogP contribution in [0.4, 0.5) is 11.5 Å². The standard InChI is InChI=1S/C21H17N3O2S.3HI.V/c1-15-7-12-20-19(13-15)21(23-14-22-20)24-16-8-10-18(11-9-16)27(25,26)17-5-3-2-4-6-17;;;;/h2-14H,1H3,(H,22,23,24);3*1H;/q;;;;+3/p-3. The van der Waals surface area contributed by atoms with Crippen LogP contribution in [0.5, 0.6) is 0 Å². The number of hydrogen-bond donors (Lipinski definition) is 1. The fraction of sp³-hybridized carbons (Fsp3) is 0.0476. The van der Waals surface area contributed by atoms with E-state index in [-0.39, 0.29) is 14.7 Å². The number of halogens is 3. The Labute approximate surface area is 219 Å². The van der Waals surface area contributed by atoms with Gasteiger partial charge in [0.25, 0.3) is 0 Å². The molecule has 0 aliphatic carbocycles. The average Bonchev–Trinajstić information content (AvgIpc) is 2.75. The second kappa shape index (κ2) is 11.6. The summed E-state index contributed by atoms with van der Waals surface area (Å²) in [6.45, 7) is 2.01. The number of benzene rings is 3. The molecule has 0 radical (unpaired) electrons. The van der Waals surface area contributed by atoms with Crippen LogP contribution in [0.15, 0.2) is 88.9 Å². The van der Waals surface area contributed by atoms with Gasteiger partial charge in [-0.3, -0.25) is 0 Å². The van der Waals surface area contributed by atoms with Crippen molar-refractivity contribution in [2.75, 3.05) is 5.32 Å². The first-order chi connectivity index (χ1) is 14.8. The summed E-state index contributed by atoms with van der Waals surface area (Å²) in [6.07, 6.45) is 1.51. The zero-order valence-electron chi connectivity index (χ0n) is 16.2. The summed E-state index contributed by atoms with van der Waals surface area (Å²) >= 11 is 7.39. The normalized spacial score (nSPS) is 11.1. The van der Waals surface area contributed by atoms with E-state index in [4.69, 9.17) is 0 Å². The van der Waals surface area contributed by atoms with Crippen LogP contribution in [-0.2, 0) is 14.8 Å². The molecule has 4 rings (SSSR count). The molecule has 1 aromatic heterocycles. The molecule has 0 aliphatic heterocycles. The van der Waals surface area contributed by atoms with Gasteiger partial charge in [0.15, 0.2) is 0 Å². The minimum absolute atomic E-state index is 0.252.